The summed E-state index contributed by atoms with van der Waals surface area (Å²) in [6.45, 7) is 4.17. The molecule has 0 spiro atoms. The zero-order valence-corrected chi connectivity index (χ0v) is 13.1. The summed E-state index contributed by atoms with van der Waals surface area (Å²) in [6, 6.07) is 5.52. The van der Waals surface area contributed by atoms with Crippen LogP contribution in [0.15, 0.2) is 18.2 Å². The van der Waals surface area contributed by atoms with E-state index in [1.807, 2.05) is 19.1 Å². The number of nitrogens with zero attached hydrogens (tertiary/aromatic N) is 1. The molecule has 1 atom stereocenters. The van der Waals surface area contributed by atoms with Gasteiger partial charge in [0.05, 0.1) is 23.1 Å². The molecule has 1 aromatic rings. The van der Waals surface area contributed by atoms with Gasteiger partial charge in [-0.3, -0.25) is 9.69 Å². The van der Waals surface area contributed by atoms with E-state index in [1.165, 1.54) is 0 Å². The molecule has 5 heteroatoms. The normalized spacial score (nSPS) is 17.1. The summed E-state index contributed by atoms with van der Waals surface area (Å²) in [5, 5.41) is 1.06. The zero-order chi connectivity index (χ0) is 14.5. The molecule has 0 aliphatic carbocycles. The molecule has 1 aromatic carbocycles. The Balaban J connectivity index is 2.25. The third-order valence-electron chi connectivity index (χ3n) is 3.59. The Morgan fingerprint density at radius 3 is 2.70 bits per heavy atom. The second-order valence-corrected chi connectivity index (χ2v) is 5.70. The number of carbonyl (C=O) groups excluding carboxylic acids is 1. The number of carbonyl (C=O) groups is 1. The van der Waals surface area contributed by atoms with Gasteiger partial charge in [0.25, 0.3) is 0 Å². The average molecular weight is 316 g/mol. The highest BCUT2D eigenvalue weighted by molar-refractivity contribution is 6.42. The third kappa shape index (κ3) is 3.66. The van der Waals surface area contributed by atoms with Crippen LogP contribution in [0.3, 0.4) is 0 Å². The van der Waals surface area contributed by atoms with Crippen molar-refractivity contribution in [3.8, 4) is 0 Å². The van der Waals surface area contributed by atoms with Gasteiger partial charge < -0.3 is 4.74 Å². The molecule has 1 fully saturated rings. The van der Waals surface area contributed by atoms with Crippen LogP contribution in [0.25, 0.3) is 0 Å². The maximum absolute atomic E-state index is 11.9. The second kappa shape index (κ2) is 7.30. The van der Waals surface area contributed by atoms with E-state index in [9.17, 15) is 4.79 Å². The summed E-state index contributed by atoms with van der Waals surface area (Å²) < 4.78 is 5.08. The van der Waals surface area contributed by atoms with Crippen molar-refractivity contribution in [3.05, 3.63) is 33.8 Å². The van der Waals surface area contributed by atoms with E-state index in [1.54, 1.807) is 6.07 Å². The summed E-state index contributed by atoms with van der Waals surface area (Å²) in [6.07, 6.45) is 2.61. The molecular weight excluding hydrogens is 297 g/mol. The molecule has 1 saturated heterocycles. The van der Waals surface area contributed by atoms with Crippen molar-refractivity contribution >= 4 is 29.2 Å². The smallest absolute Gasteiger partial charge is 0.307 e. The van der Waals surface area contributed by atoms with Gasteiger partial charge in [0.15, 0.2) is 0 Å². The minimum Gasteiger partial charge on any atom is -0.466 e. The van der Waals surface area contributed by atoms with Crippen LogP contribution in [0, 0.1) is 0 Å². The Morgan fingerprint density at radius 1 is 1.35 bits per heavy atom. The van der Waals surface area contributed by atoms with Crippen molar-refractivity contribution in [2.75, 3.05) is 19.7 Å². The molecule has 0 radical (unpaired) electrons. The highest BCUT2D eigenvalue weighted by Gasteiger charge is 2.28. The fourth-order valence-electron chi connectivity index (χ4n) is 2.64. The lowest BCUT2D eigenvalue weighted by Gasteiger charge is -2.28. The Labute approximate surface area is 129 Å². The van der Waals surface area contributed by atoms with E-state index in [-0.39, 0.29) is 12.0 Å². The number of rotatable bonds is 5. The summed E-state index contributed by atoms with van der Waals surface area (Å²) in [7, 11) is 0. The minimum absolute atomic E-state index is 0.0530. The van der Waals surface area contributed by atoms with Gasteiger partial charge >= 0.3 is 5.97 Å². The number of esters is 1. The number of benzene rings is 1. The van der Waals surface area contributed by atoms with E-state index in [4.69, 9.17) is 27.9 Å². The van der Waals surface area contributed by atoms with E-state index in [2.05, 4.69) is 4.90 Å². The SMILES string of the molecule is CCOC(=O)CC(c1cccc(Cl)c1Cl)N1CCCC1. The molecule has 20 heavy (non-hydrogen) atoms. The topological polar surface area (TPSA) is 29.5 Å². The number of hydrogen-bond donors (Lipinski definition) is 0. The molecule has 0 amide bonds. The number of hydrogen-bond acceptors (Lipinski definition) is 3. The van der Waals surface area contributed by atoms with Crippen LogP contribution in [0.1, 0.15) is 37.8 Å². The van der Waals surface area contributed by atoms with Crippen molar-refractivity contribution in [3.63, 3.8) is 0 Å². The predicted octanol–water partition coefficient (Wildman–Crippen LogP) is 4.08. The van der Waals surface area contributed by atoms with Gasteiger partial charge in [-0.2, -0.15) is 0 Å². The van der Waals surface area contributed by atoms with Gasteiger partial charge in [0, 0.05) is 6.04 Å². The van der Waals surface area contributed by atoms with Crippen LogP contribution in [0.4, 0.5) is 0 Å². The van der Waals surface area contributed by atoms with E-state index < -0.39 is 0 Å². The van der Waals surface area contributed by atoms with Crippen LogP contribution in [0.5, 0.6) is 0 Å². The average Bonchev–Trinajstić information content (AvgIpc) is 2.94. The van der Waals surface area contributed by atoms with Crippen molar-refractivity contribution < 1.29 is 9.53 Å². The van der Waals surface area contributed by atoms with Crippen LogP contribution < -0.4 is 0 Å². The lowest BCUT2D eigenvalue weighted by atomic mass is 10.0. The second-order valence-electron chi connectivity index (χ2n) is 4.91. The van der Waals surface area contributed by atoms with E-state index in [0.717, 1.165) is 31.5 Å². The summed E-state index contributed by atoms with van der Waals surface area (Å²) >= 11 is 12.4. The molecular formula is C15H19Cl2NO2. The first kappa shape index (κ1) is 15.6. The standard InChI is InChI=1S/C15H19Cl2NO2/c1-2-20-14(19)10-13(18-8-3-4-9-18)11-6-5-7-12(16)15(11)17/h5-7,13H,2-4,8-10H2,1H3. The van der Waals surface area contributed by atoms with E-state index in [0.29, 0.717) is 23.1 Å². The third-order valence-corrected chi connectivity index (χ3v) is 4.42. The highest BCUT2D eigenvalue weighted by atomic mass is 35.5. The van der Waals surface area contributed by atoms with Crippen LogP contribution in [-0.4, -0.2) is 30.6 Å². The Hall–Kier alpha value is -0.770. The summed E-state index contributed by atoms with van der Waals surface area (Å²) in [5.74, 6) is -0.194. The first-order valence-corrected chi connectivity index (χ1v) is 7.72. The monoisotopic (exact) mass is 315 g/mol. The van der Waals surface area contributed by atoms with Crippen molar-refractivity contribution in [1.29, 1.82) is 0 Å². The van der Waals surface area contributed by atoms with Crippen molar-refractivity contribution in [2.45, 2.75) is 32.2 Å². The molecule has 1 unspecified atom stereocenters. The number of ether oxygens (including phenoxy) is 1. The fraction of sp³-hybridized carbons (Fsp3) is 0.533. The molecule has 1 aliphatic rings. The van der Waals surface area contributed by atoms with Gasteiger partial charge in [0.2, 0.25) is 0 Å². The fourth-order valence-corrected chi connectivity index (χ4v) is 3.08. The maximum atomic E-state index is 11.9. The predicted molar refractivity (Wildman–Crippen MR) is 81.3 cm³/mol. The molecule has 110 valence electrons. The summed E-state index contributed by atoms with van der Waals surface area (Å²) in [5.41, 5.74) is 0.911. The van der Waals surface area contributed by atoms with Crippen LogP contribution in [0.2, 0.25) is 10.0 Å². The first-order valence-electron chi connectivity index (χ1n) is 6.97. The van der Waals surface area contributed by atoms with Crippen LogP contribution >= 0.6 is 23.2 Å². The van der Waals surface area contributed by atoms with Gasteiger partial charge in [-0.15, -0.1) is 0 Å². The zero-order valence-electron chi connectivity index (χ0n) is 11.6. The molecule has 0 saturated carbocycles. The van der Waals surface area contributed by atoms with Gasteiger partial charge in [-0.05, 0) is 44.5 Å². The lowest BCUT2D eigenvalue weighted by molar-refractivity contribution is -0.144. The van der Waals surface area contributed by atoms with Gasteiger partial charge in [0.1, 0.15) is 0 Å². The molecule has 0 aromatic heterocycles. The number of likely N-dealkylation sites (tertiary alicyclic amines) is 1. The minimum atomic E-state index is -0.194. The van der Waals surface area contributed by atoms with Gasteiger partial charge in [-0.25, -0.2) is 0 Å². The molecule has 3 nitrogen and oxygen atoms in total. The van der Waals surface area contributed by atoms with E-state index >= 15 is 0 Å². The van der Waals surface area contributed by atoms with Crippen molar-refractivity contribution in [1.82, 2.24) is 4.90 Å². The van der Waals surface area contributed by atoms with Gasteiger partial charge in [-0.1, -0.05) is 35.3 Å². The maximum Gasteiger partial charge on any atom is 0.307 e. The molecule has 0 N–H and O–H groups in total. The number of halogens is 2. The first-order chi connectivity index (χ1) is 9.63. The van der Waals surface area contributed by atoms with Crippen LogP contribution in [-0.2, 0) is 9.53 Å². The Morgan fingerprint density at radius 2 is 2.05 bits per heavy atom. The van der Waals surface area contributed by atoms with Crippen molar-refractivity contribution in [2.24, 2.45) is 0 Å². The Kier molecular flexibility index (Phi) is 5.70. The quantitative estimate of drug-likeness (QED) is 0.767. The Bertz CT molecular complexity index is 473. The molecule has 2 rings (SSSR count). The highest BCUT2D eigenvalue weighted by Crippen LogP contribution is 2.36. The summed E-state index contributed by atoms with van der Waals surface area (Å²) in [4.78, 5) is 14.1. The molecule has 1 heterocycles. The largest absolute Gasteiger partial charge is 0.466 e. The molecule has 0 bridgehead atoms. The molecule has 1 aliphatic heterocycles. The lowest BCUT2D eigenvalue weighted by Crippen LogP contribution is -2.28.